The van der Waals surface area contributed by atoms with Crippen LogP contribution in [-0.2, 0) is 20.9 Å². The van der Waals surface area contributed by atoms with Gasteiger partial charge in [0.05, 0.1) is 5.41 Å². The zero-order valence-electron chi connectivity index (χ0n) is 11.9. The highest BCUT2D eigenvalue weighted by atomic mass is 79.9. The Balaban J connectivity index is 1.98. The van der Waals surface area contributed by atoms with Gasteiger partial charge in [0.15, 0.2) is 0 Å². The van der Waals surface area contributed by atoms with E-state index in [1.807, 2.05) is 0 Å². The van der Waals surface area contributed by atoms with Gasteiger partial charge in [0.1, 0.15) is 6.54 Å². The molecule has 7 nitrogen and oxygen atoms in total. The van der Waals surface area contributed by atoms with Crippen LogP contribution in [0.25, 0.3) is 0 Å². The van der Waals surface area contributed by atoms with Gasteiger partial charge in [-0.05, 0) is 34.8 Å². The summed E-state index contributed by atoms with van der Waals surface area (Å²) >= 11 is 3.23. The van der Waals surface area contributed by atoms with Crippen LogP contribution in [0.4, 0.5) is 0 Å². The molecule has 0 saturated carbocycles. The first-order valence-corrected chi connectivity index (χ1v) is 7.66. The third-order valence-electron chi connectivity index (χ3n) is 3.79. The van der Waals surface area contributed by atoms with E-state index in [4.69, 9.17) is 4.74 Å². The minimum atomic E-state index is -0.990. The summed E-state index contributed by atoms with van der Waals surface area (Å²) in [6.07, 6.45) is 2.24. The molecule has 2 N–H and O–H groups in total. The summed E-state index contributed by atoms with van der Waals surface area (Å²) in [7, 11) is 0. The van der Waals surface area contributed by atoms with Crippen LogP contribution < -0.4 is 10.9 Å². The number of amides is 1. The second-order valence-electron chi connectivity index (χ2n) is 5.29. The number of ether oxygens (including phenoxy) is 1. The smallest absolute Gasteiger partial charge is 0.311 e. The van der Waals surface area contributed by atoms with Gasteiger partial charge in [0, 0.05) is 36.5 Å². The molecule has 0 atom stereocenters. The Hall–Kier alpha value is -1.67. The number of carboxylic acid groups (broad SMARTS) is 1. The number of pyridine rings is 1. The average molecular weight is 373 g/mol. The molecular weight excluding hydrogens is 356 g/mol. The predicted octanol–water partition coefficient (Wildman–Crippen LogP) is 0.608. The lowest BCUT2D eigenvalue weighted by molar-refractivity contribution is -0.154. The van der Waals surface area contributed by atoms with Gasteiger partial charge in [-0.15, -0.1) is 0 Å². The first kappa shape index (κ1) is 16.7. The number of hydrogen-bond acceptors (Lipinski definition) is 4. The molecular formula is C14H17BrN2O5. The highest BCUT2D eigenvalue weighted by Gasteiger charge is 2.40. The molecule has 1 aromatic rings. The Morgan fingerprint density at radius 3 is 2.68 bits per heavy atom. The van der Waals surface area contributed by atoms with E-state index >= 15 is 0 Å². The van der Waals surface area contributed by atoms with Gasteiger partial charge in [-0.25, -0.2) is 0 Å². The number of carboxylic acids is 1. The monoisotopic (exact) mass is 372 g/mol. The van der Waals surface area contributed by atoms with Crippen molar-refractivity contribution in [2.45, 2.75) is 19.4 Å². The SMILES string of the molecule is O=C(Cn1cc(Br)ccc1=O)NCC1(C(=O)O)CCOCC1. The second kappa shape index (κ2) is 7.06. The van der Waals surface area contributed by atoms with Crippen molar-refractivity contribution in [1.82, 2.24) is 9.88 Å². The maximum absolute atomic E-state index is 12.0. The zero-order valence-corrected chi connectivity index (χ0v) is 13.5. The Labute approximate surface area is 135 Å². The molecule has 2 rings (SSSR count). The van der Waals surface area contributed by atoms with Crippen molar-refractivity contribution < 1.29 is 19.4 Å². The zero-order chi connectivity index (χ0) is 16.2. The van der Waals surface area contributed by atoms with E-state index in [0.29, 0.717) is 30.5 Å². The van der Waals surface area contributed by atoms with E-state index < -0.39 is 17.3 Å². The fourth-order valence-corrected chi connectivity index (χ4v) is 2.71. The summed E-state index contributed by atoms with van der Waals surface area (Å²) in [6.45, 7) is 0.623. The molecule has 1 aliphatic heterocycles. The van der Waals surface area contributed by atoms with Crippen LogP contribution in [0.5, 0.6) is 0 Å². The van der Waals surface area contributed by atoms with Crippen LogP contribution in [-0.4, -0.2) is 41.3 Å². The molecule has 0 spiro atoms. The normalized spacial score (nSPS) is 17.0. The summed E-state index contributed by atoms with van der Waals surface area (Å²) in [6, 6.07) is 2.95. The number of nitrogens with one attached hydrogen (secondary N) is 1. The summed E-state index contributed by atoms with van der Waals surface area (Å²) in [5.41, 5.74) is -1.28. The van der Waals surface area contributed by atoms with Crippen LogP contribution in [0.2, 0.25) is 0 Å². The van der Waals surface area contributed by atoms with E-state index in [9.17, 15) is 19.5 Å². The lowest BCUT2D eigenvalue weighted by Crippen LogP contribution is -2.47. The van der Waals surface area contributed by atoms with E-state index in [-0.39, 0.29) is 18.6 Å². The largest absolute Gasteiger partial charge is 0.481 e. The fraction of sp³-hybridized carbons (Fsp3) is 0.500. The Bertz CT molecular complexity index is 622. The number of rotatable bonds is 5. The Kier molecular flexibility index (Phi) is 5.36. The molecule has 1 saturated heterocycles. The van der Waals surface area contributed by atoms with Crippen LogP contribution in [0, 0.1) is 5.41 Å². The minimum Gasteiger partial charge on any atom is -0.481 e. The number of nitrogens with zero attached hydrogens (tertiary/aromatic N) is 1. The highest BCUT2D eigenvalue weighted by molar-refractivity contribution is 9.10. The van der Waals surface area contributed by atoms with E-state index in [2.05, 4.69) is 21.2 Å². The molecule has 0 aromatic carbocycles. The Morgan fingerprint density at radius 2 is 2.05 bits per heavy atom. The molecule has 0 bridgehead atoms. The van der Waals surface area contributed by atoms with E-state index in [1.54, 1.807) is 6.07 Å². The number of aliphatic carboxylic acids is 1. The maximum atomic E-state index is 12.0. The quantitative estimate of drug-likeness (QED) is 0.788. The van der Waals surface area contributed by atoms with Gasteiger partial charge >= 0.3 is 5.97 Å². The number of carbonyl (C=O) groups excluding carboxylic acids is 1. The molecule has 8 heteroatoms. The predicted molar refractivity (Wildman–Crippen MR) is 81.5 cm³/mol. The van der Waals surface area contributed by atoms with Gasteiger partial charge in [0.25, 0.3) is 5.56 Å². The lowest BCUT2D eigenvalue weighted by atomic mass is 9.80. The van der Waals surface area contributed by atoms with Crippen molar-refractivity contribution in [3.63, 3.8) is 0 Å². The van der Waals surface area contributed by atoms with E-state index in [1.165, 1.54) is 16.8 Å². The van der Waals surface area contributed by atoms with Crippen molar-refractivity contribution in [3.05, 3.63) is 33.2 Å². The summed E-state index contributed by atoms with van der Waals surface area (Å²) in [4.78, 5) is 35.1. The van der Waals surface area contributed by atoms with Crippen molar-refractivity contribution in [2.24, 2.45) is 5.41 Å². The topological polar surface area (TPSA) is 97.6 Å². The second-order valence-corrected chi connectivity index (χ2v) is 6.20. The van der Waals surface area contributed by atoms with Crippen molar-refractivity contribution >= 4 is 27.8 Å². The summed E-state index contributed by atoms with van der Waals surface area (Å²) in [5.74, 6) is -1.33. The fourth-order valence-electron chi connectivity index (χ4n) is 2.33. The number of carbonyl (C=O) groups is 2. The van der Waals surface area contributed by atoms with Gasteiger partial charge in [0.2, 0.25) is 5.91 Å². The van der Waals surface area contributed by atoms with E-state index in [0.717, 1.165) is 0 Å². The summed E-state index contributed by atoms with van der Waals surface area (Å²) in [5, 5.41) is 12.0. The third-order valence-corrected chi connectivity index (χ3v) is 4.26. The number of halogens is 1. The van der Waals surface area contributed by atoms with Gasteiger partial charge < -0.3 is 19.7 Å². The van der Waals surface area contributed by atoms with Crippen molar-refractivity contribution in [3.8, 4) is 0 Å². The molecule has 1 fully saturated rings. The van der Waals surface area contributed by atoms with Crippen LogP contribution in [0.1, 0.15) is 12.8 Å². The molecule has 2 heterocycles. The average Bonchev–Trinajstić information content (AvgIpc) is 2.50. The van der Waals surface area contributed by atoms with Crippen LogP contribution in [0.3, 0.4) is 0 Å². The molecule has 0 unspecified atom stereocenters. The van der Waals surface area contributed by atoms with Crippen LogP contribution >= 0.6 is 15.9 Å². The van der Waals surface area contributed by atoms with Crippen LogP contribution in [0.15, 0.2) is 27.6 Å². The first-order valence-electron chi connectivity index (χ1n) is 6.87. The van der Waals surface area contributed by atoms with Crippen molar-refractivity contribution in [1.29, 1.82) is 0 Å². The molecule has 1 aliphatic rings. The van der Waals surface area contributed by atoms with Gasteiger partial charge in [-0.1, -0.05) is 0 Å². The molecule has 0 aliphatic carbocycles. The number of hydrogen-bond donors (Lipinski definition) is 2. The molecule has 1 amide bonds. The number of aromatic nitrogens is 1. The highest BCUT2D eigenvalue weighted by Crippen LogP contribution is 2.30. The standard InChI is InChI=1S/C14H17BrN2O5/c15-10-1-2-12(19)17(7-10)8-11(18)16-9-14(13(20)21)3-5-22-6-4-14/h1-2,7H,3-6,8-9H2,(H,16,18)(H,20,21). The van der Waals surface area contributed by atoms with Gasteiger partial charge in [-0.2, -0.15) is 0 Å². The van der Waals surface area contributed by atoms with Gasteiger partial charge in [-0.3, -0.25) is 14.4 Å². The molecule has 0 radical (unpaired) electrons. The third kappa shape index (κ3) is 3.95. The van der Waals surface area contributed by atoms with Crippen molar-refractivity contribution in [2.75, 3.05) is 19.8 Å². The molecule has 1 aromatic heterocycles. The Morgan fingerprint density at radius 1 is 1.36 bits per heavy atom. The lowest BCUT2D eigenvalue weighted by Gasteiger charge is -2.33. The summed E-state index contributed by atoms with van der Waals surface area (Å²) < 4.78 is 7.13. The first-order chi connectivity index (χ1) is 10.4. The molecule has 120 valence electrons. The minimum absolute atomic E-state index is 0.0350. The maximum Gasteiger partial charge on any atom is 0.311 e. The molecule has 22 heavy (non-hydrogen) atoms.